The third kappa shape index (κ3) is 1.96. The van der Waals surface area contributed by atoms with E-state index in [1.54, 1.807) is 13.8 Å². The second-order valence-corrected chi connectivity index (χ2v) is 6.62. The molecule has 9 heteroatoms. The van der Waals surface area contributed by atoms with Crippen molar-refractivity contribution in [2.24, 2.45) is 16.7 Å². The first kappa shape index (κ1) is 18.3. The fourth-order valence-electron chi connectivity index (χ4n) is 4.11. The van der Waals surface area contributed by atoms with Crippen molar-refractivity contribution in [3.63, 3.8) is 0 Å². The second kappa shape index (κ2) is 5.77. The van der Waals surface area contributed by atoms with Crippen molar-refractivity contribution < 1.29 is 14.4 Å². The molecule has 0 radical (unpaired) electrons. The number of fused-ring (bicyclic) bond motifs is 2. The lowest BCUT2D eigenvalue weighted by Gasteiger charge is -2.48. The molecule has 3 rings (SSSR count). The summed E-state index contributed by atoms with van der Waals surface area (Å²) in [6.07, 6.45) is -0.928. The molecule has 0 saturated carbocycles. The van der Waals surface area contributed by atoms with E-state index in [4.69, 9.17) is 14.9 Å². The van der Waals surface area contributed by atoms with E-state index in [9.17, 15) is 25.9 Å². The minimum atomic E-state index is -2.05. The Hall–Kier alpha value is -3.48. The van der Waals surface area contributed by atoms with Crippen molar-refractivity contribution >= 4 is 11.6 Å². The summed E-state index contributed by atoms with van der Waals surface area (Å²) < 4.78 is 11.7. The highest BCUT2D eigenvalue weighted by Gasteiger charge is 2.78. The van der Waals surface area contributed by atoms with Gasteiger partial charge in [-0.05, 0) is 17.7 Å². The van der Waals surface area contributed by atoms with Crippen molar-refractivity contribution in [2.45, 2.75) is 32.2 Å². The van der Waals surface area contributed by atoms with Crippen LogP contribution in [-0.4, -0.2) is 16.6 Å². The van der Waals surface area contributed by atoms with Gasteiger partial charge < -0.3 is 9.47 Å². The number of hydrogen-bond acceptors (Lipinski definition) is 8. The molecule has 0 amide bonds. The maximum atomic E-state index is 10.9. The molecule has 1 N–H and O–H groups in total. The maximum absolute atomic E-state index is 10.9. The van der Waals surface area contributed by atoms with Gasteiger partial charge in [-0.1, -0.05) is 13.8 Å². The highest BCUT2D eigenvalue weighted by Crippen LogP contribution is 2.66. The van der Waals surface area contributed by atoms with Crippen molar-refractivity contribution in [1.82, 2.24) is 0 Å². The summed E-state index contributed by atoms with van der Waals surface area (Å²) in [5.41, 5.74) is -3.71. The van der Waals surface area contributed by atoms with E-state index in [1.807, 2.05) is 18.2 Å². The first-order chi connectivity index (χ1) is 12.8. The topological polar surface area (TPSA) is 157 Å². The van der Waals surface area contributed by atoms with Gasteiger partial charge in [0.2, 0.25) is 17.1 Å². The highest BCUT2D eigenvalue weighted by molar-refractivity contribution is 5.89. The minimum absolute atomic E-state index is 0.158. The minimum Gasteiger partial charge on any atom is -0.447 e. The van der Waals surface area contributed by atoms with Gasteiger partial charge in [-0.3, -0.25) is 15.5 Å². The summed E-state index contributed by atoms with van der Waals surface area (Å²) in [5.74, 6) is -2.54. The largest absolute Gasteiger partial charge is 0.447 e. The number of non-ortho nitro benzene ring substituents is 1. The smallest absolute Gasteiger partial charge is 0.269 e. The average molecular weight is 365 g/mol. The summed E-state index contributed by atoms with van der Waals surface area (Å²) >= 11 is 0. The first-order valence-corrected chi connectivity index (χ1v) is 8.22. The molecule has 2 aliphatic rings. The van der Waals surface area contributed by atoms with Crippen LogP contribution in [0.1, 0.15) is 31.9 Å². The van der Waals surface area contributed by atoms with Crippen LogP contribution in [0.25, 0.3) is 0 Å². The SMILES string of the molecule is CCC12OC(=N)C(C#N)(C1C)C(C#N)(C#N)C(c1ccc([N+](=O)[O-])cc1)O2. The monoisotopic (exact) mass is 365 g/mol. The number of ether oxygens (including phenoxy) is 2. The van der Waals surface area contributed by atoms with E-state index in [0.29, 0.717) is 5.56 Å². The van der Waals surface area contributed by atoms with Gasteiger partial charge in [-0.2, -0.15) is 15.8 Å². The summed E-state index contributed by atoms with van der Waals surface area (Å²) in [6, 6.07) is 11.1. The Kier molecular flexibility index (Phi) is 3.91. The lowest BCUT2D eigenvalue weighted by atomic mass is 9.53. The van der Waals surface area contributed by atoms with Crippen molar-refractivity contribution in [1.29, 1.82) is 21.2 Å². The van der Waals surface area contributed by atoms with Crippen LogP contribution < -0.4 is 0 Å². The van der Waals surface area contributed by atoms with E-state index >= 15 is 0 Å². The fraction of sp³-hybridized carbons (Fsp3) is 0.444. The van der Waals surface area contributed by atoms with E-state index in [-0.39, 0.29) is 12.1 Å². The molecule has 2 heterocycles. The predicted molar refractivity (Wildman–Crippen MR) is 89.6 cm³/mol. The van der Waals surface area contributed by atoms with Crippen molar-refractivity contribution in [3.8, 4) is 18.2 Å². The molecule has 2 saturated heterocycles. The van der Waals surface area contributed by atoms with Crippen LogP contribution >= 0.6 is 0 Å². The van der Waals surface area contributed by atoms with E-state index in [0.717, 1.165) is 0 Å². The number of nitro groups is 1. The molecule has 4 atom stereocenters. The number of nitrogens with zero attached hydrogens (tertiary/aromatic N) is 4. The van der Waals surface area contributed by atoms with E-state index in [2.05, 4.69) is 0 Å². The average Bonchev–Trinajstić information content (AvgIpc) is 2.84. The number of nitriles is 3. The van der Waals surface area contributed by atoms with Gasteiger partial charge in [-0.15, -0.1) is 0 Å². The Balaban J connectivity index is 2.27. The van der Waals surface area contributed by atoms with Crippen LogP contribution in [0.5, 0.6) is 0 Å². The lowest BCUT2D eigenvalue weighted by Crippen LogP contribution is -2.58. The summed E-state index contributed by atoms with van der Waals surface area (Å²) in [6.45, 7) is 3.39. The van der Waals surface area contributed by atoms with Crippen LogP contribution in [0.2, 0.25) is 0 Å². The Morgan fingerprint density at radius 3 is 2.26 bits per heavy atom. The molecule has 0 aromatic heterocycles. The zero-order chi connectivity index (χ0) is 20.0. The molecule has 0 spiro atoms. The maximum Gasteiger partial charge on any atom is 0.269 e. The molecule has 2 fully saturated rings. The van der Waals surface area contributed by atoms with Crippen LogP contribution in [0, 0.1) is 66.3 Å². The quantitative estimate of drug-likeness (QED) is 0.637. The molecule has 2 bridgehead atoms. The Labute approximate surface area is 155 Å². The molecule has 2 aliphatic heterocycles. The highest BCUT2D eigenvalue weighted by atomic mass is 16.7. The first-order valence-electron chi connectivity index (χ1n) is 8.22. The van der Waals surface area contributed by atoms with Gasteiger partial charge in [0.15, 0.2) is 5.41 Å². The molecule has 1 aromatic rings. The van der Waals surface area contributed by atoms with E-state index < -0.39 is 39.5 Å². The van der Waals surface area contributed by atoms with Crippen LogP contribution in [0.4, 0.5) is 5.69 Å². The molecule has 0 aliphatic carbocycles. The van der Waals surface area contributed by atoms with Gasteiger partial charge in [0.1, 0.15) is 6.10 Å². The molecular formula is C18H15N5O4. The number of hydrogen-bond donors (Lipinski definition) is 1. The van der Waals surface area contributed by atoms with Crippen LogP contribution in [0.15, 0.2) is 24.3 Å². The summed E-state index contributed by atoms with van der Waals surface area (Å²) in [4.78, 5) is 10.3. The Morgan fingerprint density at radius 1 is 1.22 bits per heavy atom. The van der Waals surface area contributed by atoms with Crippen molar-refractivity contribution in [2.75, 3.05) is 0 Å². The molecule has 27 heavy (non-hydrogen) atoms. The van der Waals surface area contributed by atoms with Gasteiger partial charge >= 0.3 is 0 Å². The number of nitro benzene ring substituents is 1. The van der Waals surface area contributed by atoms with Gasteiger partial charge in [0.25, 0.3) is 5.69 Å². The standard InChI is InChI=1S/C18H15N5O4/c1-3-18-11(2)17(10-21,15(22)27-18)16(8-19,9-20)14(26-18)12-4-6-13(7-5-12)23(24)25/h4-7,11,14,22H,3H2,1-2H3. The number of nitrogens with one attached hydrogen (secondary N) is 1. The normalized spacial score (nSPS) is 33.2. The lowest BCUT2D eigenvalue weighted by molar-refractivity contribution is -0.384. The molecular weight excluding hydrogens is 350 g/mol. The Bertz CT molecular complexity index is 940. The van der Waals surface area contributed by atoms with Gasteiger partial charge in [0, 0.05) is 18.6 Å². The second-order valence-electron chi connectivity index (χ2n) is 6.62. The van der Waals surface area contributed by atoms with Crippen LogP contribution in [-0.2, 0) is 9.47 Å². The summed E-state index contributed by atoms with van der Waals surface area (Å²) in [5, 5.41) is 49.1. The molecule has 9 nitrogen and oxygen atoms in total. The van der Waals surface area contributed by atoms with Gasteiger partial charge in [0.05, 0.1) is 29.0 Å². The fourth-order valence-corrected chi connectivity index (χ4v) is 4.11. The molecule has 1 aromatic carbocycles. The third-order valence-corrected chi connectivity index (χ3v) is 5.70. The third-order valence-electron chi connectivity index (χ3n) is 5.70. The summed E-state index contributed by atoms with van der Waals surface area (Å²) in [7, 11) is 0. The Morgan fingerprint density at radius 2 is 1.81 bits per heavy atom. The molecule has 4 unspecified atom stereocenters. The van der Waals surface area contributed by atoms with E-state index in [1.165, 1.54) is 24.3 Å². The zero-order valence-electron chi connectivity index (χ0n) is 14.6. The number of benzene rings is 1. The van der Waals surface area contributed by atoms with Crippen molar-refractivity contribution in [3.05, 3.63) is 39.9 Å². The van der Waals surface area contributed by atoms with Crippen LogP contribution in [0.3, 0.4) is 0 Å². The number of rotatable bonds is 3. The van der Waals surface area contributed by atoms with Gasteiger partial charge in [-0.25, -0.2) is 0 Å². The predicted octanol–water partition coefficient (Wildman–Crippen LogP) is 2.96. The molecule has 136 valence electrons. The zero-order valence-corrected chi connectivity index (χ0v) is 14.6.